The van der Waals surface area contributed by atoms with E-state index in [1.807, 2.05) is 35.0 Å². The number of likely N-dealkylation sites (N-methyl/N-ethyl adjacent to an activating group) is 1. The van der Waals surface area contributed by atoms with Crippen LogP contribution in [0.3, 0.4) is 0 Å². The predicted molar refractivity (Wildman–Crippen MR) is 142 cm³/mol. The Bertz CT molecular complexity index is 1470. The quantitative estimate of drug-likeness (QED) is 0.465. The zero-order valence-corrected chi connectivity index (χ0v) is 20.4. The maximum absolute atomic E-state index is 12.5. The van der Waals surface area contributed by atoms with Crippen LogP contribution in [0.1, 0.15) is 11.1 Å². The van der Waals surface area contributed by atoms with Gasteiger partial charge in [-0.25, -0.2) is 9.97 Å². The van der Waals surface area contributed by atoms with Crippen LogP contribution in [0.2, 0.25) is 0 Å². The number of imidazole rings is 1. The van der Waals surface area contributed by atoms with Gasteiger partial charge in [-0.05, 0) is 47.9 Å². The van der Waals surface area contributed by atoms with E-state index in [2.05, 4.69) is 45.5 Å². The second kappa shape index (κ2) is 9.13. The number of carbonyl (C=O) groups is 1. The molecule has 4 aromatic rings. The van der Waals surface area contributed by atoms with Crippen LogP contribution in [-0.2, 0) is 16.0 Å². The molecule has 0 radical (unpaired) electrons. The fourth-order valence-corrected chi connectivity index (χ4v) is 4.82. The zero-order chi connectivity index (χ0) is 24.6. The lowest BCUT2D eigenvalue weighted by Gasteiger charge is -2.28. The number of fused-ring (bicyclic) bond motifs is 2. The monoisotopic (exact) mass is 480 g/mol. The number of hydrogen-bond donors (Lipinski definition) is 1. The molecular formula is C28H28N6O2. The third-order valence-electron chi connectivity index (χ3n) is 6.73. The van der Waals surface area contributed by atoms with Gasteiger partial charge in [0, 0.05) is 68.3 Å². The highest BCUT2D eigenvalue weighted by Gasteiger charge is 2.22. The van der Waals surface area contributed by atoms with Crippen LogP contribution in [0, 0.1) is 0 Å². The Labute approximate surface area is 209 Å². The molecule has 1 fully saturated rings. The molecule has 0 atom stereocenters. The minimum Gasteiger partial charge on any atom is -0.378 e. The molecule has 1 aliphatic heterocycles. The number of rotatable bonds is 5. The number of hydrogen-bond acceptors (Lipinski definition) is 6. The summed E-state index contributed by atoms with van der Waals surface area (Å²) in [4.78, 5) is 25.9. The standard InChI is InChI=1S/C28H28N6O2/c1-32(2)28(35)24-10-3-19-17-20(4-9-23(19)24)25-18-34-12-11-29-27(34)26(31-25)30-21-5-7-22(8-6-21)33-13-15-36-16-14-33/h4-12,17-18H,3,13-16H2,1-2H3,(H,30,31). The second-order valence-electron chi connectivity index (χ2n) is 9.30. The molecular weight excluding hydrogens is 452 g/mol. The zero-order valence-electron chi connectivity index (χ0n) is 20.4. The van der Waals surface area contributed by atoms with Crippen molar-refractivity contribution in [3.05, 3.63) is 78.3 Å². The Balaban J connectivity index is 1.29. The lowest BCUT2D eigenvalue weighted by atomic mass is 10.0. The molecule has 0 bridgehead atoms. The van der Waals surface area contributed by atoms with Crippen molar-refractivity contribution < 1.29 is 9.53 Å². The van der Waals surface area contributed by atoms with Crippen LogP contribution in [0.15, 0.2) is 67.1 Å². The van der Waals surface area contributed by atoms with E-state index in [9.17, 15) is 4.79 Å². The van der Waals surface area contributed by atoms with Crippen molar-refractivity contribution in [2.75, 3.05) is 50.6 Å². The molecule has 2 aromatic carbocycles. The summed E-state index contributed by atoms with van der Waals surface area (Å²) in [5.74, 6) is 0.726. The van der Waals surface area contributed by atoms with Crippen molar-refractivity contribution in [2.24, 2.45) is 0 Å². The van der Waals surface area contributed by atoms with Crippen LogP contribution in [0.5, 0.6) is 0 Å². The van der Waals surface area contributed by atoms with Crippen LogP contribution in [-0.4, -0.2) is 65.6 Å². The molecule has 8 nitrogen and oxygen atoms in total. The van der Waals surface area contributed by atoms with Gasteiger partial charge >= 0.3 is 0 Å². The van der Waals surface area contributed by atoms with E-state index >= 15 is 0 Å². The smallest absolute Gasteiger partial charge is 0.253 e. The molecule has 3 heterocycles. The molecule has 1 N–H and O–H groups in total. The predicted octanol–water partition coefficient (Wildman–Crippen LogP) is 4.00. The topological polar surface area (TPSA) is 75.0 Å². The lowest BCUT2D eigenvalue weighted by Crippen LogP contribution is -2.36. The summed E-state index contributed by atoms with van der Waals surface area (Å²) in [5.41, 5.74) is 7.64. The van der Waals surface area contributed by atoms with Gasteiger partial charge < -0.3 is 24.3 Å². The minimum absolute atomic E-state index is 0.0329. The van der Waals surface area contributed by atoms with E-state index in [0.29, 0.717) is 5.82 Å². The average molecular weight is 481 g/mol. The van der Waals surface area contributed by atoms with E-state index < -0.39 is 0 Å². The first-order valence-corrected chi connectivity index (χ1v) is 12.2. The van der Waals surface area contributed by atoms with Crippen LogP contribution < -0.4 is 10.2 Å². The van der Waals surface area contributed by atoms with E-state index in [1.165, 1.54) is 5.69 Å². The highest BCUT2D eigenvalue weighted by Crippen LogP contribution is 2.33. The summed E-state index contributed by atoms with van der Waals surface area (Å²) in [5, 5.41) is 3.46. The fraction of sp³-hybridized carbons (Fsp3) is 0.250. The first-order valence-electron chi connectivity index (χ1n) is 12.2. The summed E-state index contributed by atoms with van der Waals surface area (Å²) in [7, 11) is 3.56. The first kappa shape index (κ1) is 22.3. The molecule has 2 aliphatic rings. The Hall–Kier alpha value is -4.17. The first-order chi connectivity index (χ1) is 17.6. The molecule has 0 spiro atoms. The van der Waals surface area contributed by atoms with Crippen molar-refractivity contribution in [1.82, 2.24) is 19.3 Å². The van der Waals surface area contributed by atoms with Gasteiger partial charge in [-0.2, -0.15) is 0 Å². The molecule has 2 aromatic heterocycles. The summed E-state index contributed by atoms with van der Waals surface area (Å²) < 4.78 is 7.45. The normalized spacial score (nSPS) is 15.1. The Morgan fingerprint density at radius 1 is 1.08 bits per heavy atom. The van der Waals surface area contributed by atoms with Crippen molar-refractivity contribution in [3.8, 4) is 11.3 Å². The Morgan fingerprint density at radius 3 is 2.67 bits per heavy atom. The summed E-state index contributed by atoms with van der Waals surface area (Å²) in [6.07, 6.45) is 8.45. The van der Waals surface area contributed by atoms with Crippen LogP contribution in [0.4, 0.5) is 17.2 Å². The lowest BCUT2D eigenvalue weighted by molar-refractivity contribution is -0.122. The number of anilines is 3. The number of nitrogens with zero attached hydrogens (tertiary/aromatic N) is 5. The van der Waals surface area contributed by atoms with Crippen LogP contribution >= 0.6 is 0 Å². The highest BCUT2D eigenvalue weighted by atomic mass is 16.5. The third-order valence-corrected chi connectivity index (χ3v) is 6.73. The van der Waals surface area contributed by atoms with Crippen LogP contribution in [0.25, 0.3) is 22.5 Å². The largest absolute Gasteiger partial charge is 0.378 e. The second-order valence-corrected chi connectivity index (χ2v) is 9.30. The molecule has 8 heteroatoms. The molecule has 36 heavy (non-hydrogen) atoms. The number of aromatic nitrogens is 3. The number of morpholine rings is 1. The van der Waals surface area contributed by atoms with Gasteiger partial charge in [0.1, 0.15) is 0 Å². The molecule has 1 aliphatic carbocycles. The fourth-order valence-electron chi connectivity index (χ4n) is 4.82. The van der Waals surface area contributed by atoms with Crippen molar-refractivity contribution in [1.29, 1.82) is 0 Å². The highest BCUT2D eigenvalue weighted by molar-refractivity contribution is 6.20. The van der Waals surface area contributed by atoms with Gasteiger partial charge in [0.25, 0.3) is 5.91 Å². The molecule has 6 rings (SSSR count). The average Bonchev–Trinajstić information content (AvgIpc) is 3.56. The molecule has 0 saturated carbocycles. The van der Waals surface area contributed by atoms with Gasteiger partial charge in [0.05, 0.1) is 18.9 Å². The van der Waals surface area contributed by atoms with Gasteiger partial charge in [-0.1, -0.05) is 18.2 Å². The van der Waals surface area contributed by atoms with E-state index in [1.54, 1.807) is 25.2 Å². The molecule has 1 saturated heterocycles. The number of carbonyl (C=O) groups excluding carboxylic acids is 1. The van der Waals surface area contributed by atoms with Crippen molar-refractivity contribution in [2.45, 2.75) is 6.42 Å². The van der Waals surface area contributed by atoms with E-state index in [0.717, 1.165) is 72.0 Å². The summed E-state index contributed by atoms with van der Waals surface area (Å²) >= 11 is 0. The maximum atomic E-state index is 12.5. The van der Waals surface area contributed by atoms with E-state index in [-0.39, 0.29) is 5.91 Å². The maximum Gasteiger partial charge on any atom is 0.253 e. The number of benzene rings is 2. The van der Waals surface area contributed by atoms with Crippen molar-refractivity contribution in [3.63, 3.8) is 0 Å². The van der Waals surface area contributed by atoms with Gasteiger partial charge in [-0.3, -0.25) is 4.79 Å². The number of allylic oxidation sites excluding steroid dienone is 1. The Kier molecular flexibility index (Phi) is 5.65. The number of ether oxygens (including phenoxy) is 1. The van der Waals surface area contributed by atoms with Gasteiger partial charge in [0.15, 0.2) is 11.5 Å². The molecule has 0 unspecified atom stereocenters. The number of amides is 1. The van der Waals surface area contributed by atoms with Crippen molar-refractivity contribution >= 4 is 34.3 Å². The third kappa shape index (κ3) is 4.09. The minimum atomic E-state index is 0.0329. The summed E-state index contributed by atoms with van der Waals surface area (Å²) in [6.45, 7) is 3.35. The van der Waals surface area contributed by atoms with Gasteiger partial charge in [0.2, 0.25) is 0 Å². The van der Waals surface area contributed by atoms with Gasteiger partial charge in [-0.15, -0.1) is 0 Å². The summed E-state index contributed by atoms with van der Waals surface area (Å²) in [6, 6.07) is 14.6. The number of nitrogens with one attached hydrogen (secondary N) is 1. The molecule has 1 amide bonds. The SMILES string of the molecule is CN(C)C(=O)C1=CCc2cc(-c3cn4ccnc4c(Nc4ccc(N5CCOCC5)cc4)n3)ccc21. The molecule has 182 valence electrons. The Morgan fingerprint density at radius 2 is 1.89 bits per heavy atom. The van der Waals surface area contributed by atoms with E-state index in [4.69, 9.17) is 9.72 Å².